The number of benzene rings is 1. The Hall–Kier alpha value is -1.82. The van der Waals surface area contributed by atoms with Crippen molar-refractivity contribution in [1.82, 2.24) is 19.1 Å². The molecule has 0 bridgehead atoms. The van der Waals surface area contributed by atoms with Crippen molar-refractivity contribution in [2.45, 2.75) is 28.9 Å². The first kappa shape index (κ1) is 19.5. The standard InChI is InChI=1S/C17H23N5O4S2/c18-16-19-20-17(22(16)13-1-2-13)27-12-11-26-14-3-5-15(6-4-14)28(23,24)21-7-9-25-10-8-21/h3-6,13H,1-2,7-12H2,(H2,18,19). The Morgan fingerprint density at radius 1 is 1.18 bits per heavy atom. The van der Waals surface area contributed by atoms with Gasteiger partial charge in [-0.05, 0) is 37.1 Å². The molecule has 2 aromatic rings. The fourth-order valence-corrected chi connectivity index (χ4v) is 5.24. The Morgan fingerprint density at radius 2 is 1.89 bits per heavy atom. The largest absolute Gasteiger partial charge is 0.493 e. The molecule has 0 amide bonds. The van der Waals surface area contributed by atoms with Gasteiger partial charge >= 0.3 is 0 Å². The van der Waals surface area contributed by atoms with E-state index in [1.807, 2.05) is 4.57 Å². The smallest absolute Gasteiger partial charge is 0.243 e. The van der Waals surface area contributed by atoms with Gasteiger partial charge < -0.3 is 15.2 Å². The van der Waals surface area contributed by atoms with E-state index in [4.69, 9.17) is 15.2 Å². The van der Waals surface area contributed by atoms with Gasteiger partial charge in [0.25, 0.3) is 0 Å². The molecule has 0 radical (unpaired) electrons. The maximum Gasteiger partial charge on any atom is 0.243 e. The molecule has 152 valence electrons. The van der Waals surface area contributed by atoms with Gasteiger partial charge in [-0.25, -0.2) is 8.42 Å². The summed E-state index contributed by atoms with van der Waals surface area (Å²) in [6.07, 6.45) is 2.23. The van der Waals surface area contributed by atoms with E-state index in [1.54, 1.807) is 36.0 Å². The van der Waals surface area contributed by atoms with Crippen LogP contribution >= 0.6 is 11.8 Å². The lowest BCUT2D eigenvalue weighted by atomic mass is 10.3. The number of aromatic nitrogens is 3. The number of hydrogen-bond donors (Lipinski definition) is 1. The summed E-state index contributed by atoms with van der Waals surface area (Å²) in [5.74, 6) is 1.78. The van der Waals surface area contributed by atoms with E-state index in [9.17, 15) is 8.42 Å². The van der Waals surface area contributed by atoms with Crippen LogP contribution in [0.2, 0.25) is 0 Å². The molecule has 0 atom stereocenters. The van der Waals surface area contributed by atoms with Crippen LogP contribution < -0.4 is 10.5 Å². The fraction of sp³-hybridized carbons (Fsp3) is 0.529. The quantitative estimate of drug-likeness (QED) is 0.499. The molecule has 2 fully saturated rings. The number of morpholine rings is 1. The van der Waals surface area contributed by atoms with Crippen molar-refractivity contribution in [3.8, 4) is 5.75 Å². The zero-order chi connectivity index (χ0) is 19.6. The molecule has 1 aliphatic carbocycles. The summed E-state index contributed by atoms with van der Waals surface area (Å²) >= 11 is 1.55. The lowest BCUT2D eigenvalue weighted by Crippen LogP contribution is -2.40. The maximum atomic E-state index is 12.6. The Kier molecular flexibility index (Phi) is 5.76. The third-order valence-electron chi connectivity index (χ3n) is 4.62. The van der Waals surface area contributed by atoms with Gasteiger partial charge in [0.15, 0.2) is 5.16 Å². The molecule has 1 aliphatic heterocycles. The van der Waals surface area contributed by atoms with Gasteiger partial charge in [0.2, 0.25) is 16.0 Å². The van der Waals surface area contributed by atoms with Crippen molar-refractivity contribution in [2.24, 2.45) is 0 Å². The van der Waals surface area contributed by atoms with Gasteiger partial charge in [0, 0.05) is 24.9 Å². The molecule has 2 aliphatic rings. The highest BCUT2D eigenvalue weighted by Gasteiger charge is 2.29. The number of thioether (sulfide) groups is 1. The molecule has 2 heterocycles. The number of hydrogen-bond acceptors (Lipinski definition) is 8. The highest BCUT2D eigenvalue weighted by Crippen LogP contribution is 2.39. The molecule has 11 heteroatoms. The van der Waals surface area contributed by atoms with Crippen molar-refractivity contribution in [3.63, 3.8) is 0 Å². The number of nitrogens with zero attached hydrogens (tertiary/aromatic N) is 4. The van der Waals surface area contributed by atoms with Gasteiger partial charge in [0.1, 0.15) is 5.75 Å². The molecular weight excluding hydrogens is 402 g/mol. The molecule has 0 spiro atoms. The Morgan fingerprint density at radius 3 is 2.57 bits per heavy atom. The monoisotopic (exact) mass is 425 g/mol. The molecular formula is C17H23N5O4S2. The SMILES string of the molecule is Nc1nnc(SCCOc2ccc(S(=O)(=O)N3CCOCC3)cc2)n1C1CC1. The summed E-state index contributed by atoms with van der Waals surface area (Å²) in [6, 6.07) is 6.96. The normalized spacial score (nSPS) is 18.3. The minimum Gasteiger partial charge on any atom is -0.493 e. The van der Waals surface area contributed by atoms with E-state index < -0.39 is 10.0 Å². The molecule has 1 aromatic heterocycles. The average Bonchev–Trinajstić information content (AvgIpc) is 3.49. The van der Waals surface area contributed by atoms with Crippen molar-refractivity contribution in [3.05, 3.63) is 24.3 Å². The van der Waals surface area contributed by atoms with E-state index >= 15 is 0 Å². The molecule has 28 heavy (non-hydrogen) atoms. The fourth-order valence-electron chi connectivity index (χ4n) is 3.00. The van der Waals surface area contributed by atoms with E-state index in [1.165, 1.54) is 4.31 Å². The first-order valence-corrected chi connectivity index (χ1v) is 11.6. The average molecular weight is 426 g/mol. The zero-order valence-electron chi connectivity index (χ0n) is 15.4. The number of ether oxygens (including phenoxy) is 2. The van der Waals surface area contributed by atoms with E-state index in [-0.39, 0.29) is 4.90 Å². The highest BCUT2D eigenvalue weighted by atomic mass is 32.2. The minimum atomic E-state index is -3.48. The van der Waals surface area contributed by atoms with Gasteiger partial charge in [0.05, 0.1) is 24.7 Å². The van der Waals surface area contributed by atoms with Crippen LogP contribution in [0.25, 0.3) is 0 Å². The zero-order valence-corrected chi connectivity index (χ0v) is 17.0. The predicted molar refractivity (Wildman–Crippen MR) is 105 cm³/mol. The highest BCUT2D eigenvalue weighted by molar-refractivity contribution is 7.99. The molecule has 9 nitrogen and oxygen atoms in total. The van der Waals surface area contributed by atoms with Crippen molar-refractivity contribution < 1.29 is 17.9 Å². The predicted octanol–water partition coefficient (Wildman–Crippen LogP) is 1.39. The Bertz CT molecular complexity index is 906. The lowest BCUT2D eigenvalue weighted by molar-refractivity contribution is 0.0730. The summed E-state index contributed by atoms with van der Waals surface area (Å²) in [4.78, 5) is 0.268. The molecule has 1 saturated heterocycles. The Labute approximate surface area is 168 Å². The number of rotatable bonds is 8. The first-order valence-electron chi connectivity index (χ1n) is 9.19. The molecule has 2 N–H and O–H groups in total. The summed E-state index contributed by atoms with van der Waals surface area (Å²) in [5, 5.41) is 8.88. The van der Waals surface area contributed by atoms with Crippen LogP contribution in [0.1, 0.15) is 18.9 Å². The van der Waals surface area contributed by atoms with Crippen molar-refractivity contribution in [2.75, 3.05) is 44.4 Å². The number of nitrogens with two attached hydrogens (primary N) is 1. The van der Waals surface area contributed by atoms with Gasteiger partial charge in [-0.15, -0.1) is 10.2 Å². The second-order valence-corrected chi connectivity index (χ2v) is 9.63. The van der Waals surface area contributed by atoms with E-state index in [2.05, 4.69) is 10.2 Å². The van der Waals surface area contributed by atoms with Gasteiger partial charge in [-0.3, -0.25) is 4.57 Å². The van der Waals surface area contributed by atoms with Gasteiger partial charge in [-0.2, -0.15) is 4.31 Å². The maximum absolute atomic E-state index is 12.6. The van der Waals surface area contributed by atoms with Crippen molar-refractivity contribution >= 4 is 27.7 Å². The second-order valence-electron chi connectivity index (χ2n) is 6.63. The molecule has 0 unspecified atom stereocenters. The van der Waals surface area contributed by atoms with Crippen LogP contribution in [-0.2, 0) is 14.8 Å². The summed E-state index contributed by atoms with van der Waals surface area (Å²) in [5.41, 5.74) is 5.87. The third kappa shape index (κ3) is 4.27. The van der Waals surface area contributed by atoms with Crippen LogP contribution in [0.5, 0.6) is 5.75 Å². The Balaban J connectivity index is 1.29. The minimum absolute atomic E-state index is 0.268. The summed E-state index contributed by atoms with van der Waals surface area (Å²) in [6.45, 7) is 2.09. The van der Waals surface area contributed by atoms with Gasteiger partial charge in [-0.1, -0.05) is 11.8 Å². The van der Waals surface area contributed by atoms with Crippen LogP contribution in [0.4, 0.5) is 5.95 Å². The van der Waals surface area contributed by atoms with Crippen LogP contribution in [0.15, 0.2) is 34.3 Å². The third-order valence-corrected chi connectivity index (χ3v) is 7.44. The van der Waals surface area contributed by atoms with E-state index in [0.29, 0.717) is 56.4 Å². The first-order chi connectivity index (χ1) is 13.6. The second kappa shape index (κ2) is 8.27. The number of nitrogen functional groups attached to an aromatic ring is 1. The topological polar surface area (TPSA) is 113 Å². The lowest BCUT2D eigenvalue weighted by Gasteiger charge is -2.26. The molecule has 1 aromatic carbocycles. The van der Waals surface area contributed by atoms with Crippen molar-refractivity contribution in [1.29, 1.82) is 0 Å². The summed E-state index contributed by atoms with van der Waals surface area (Å²) in [7, 11) is -3.48. The van der Waals surface area contributed by atoms with E-state index in [0.717, 1.165) is 18.0 Å². The molecule has 1 saturated carbocycles. The van der Waals surface area contributed by atoms with Crippen LogP contribution in [0.3, 0.4) is 0 Å². The van der Waals surface area contributed by atoms with Crippen LogP contribution in [0, 0.1) is 0 Å². The number of sulfonamides is 1. The summed E-state index contributed by atoms with van der Waals surface area (Å²) < 4.78 is 39.6. The number of anilines is 1. The molecule has 4 rings (SSSR count). The van der Waals surface area contributed by atoms with Crippen LogP contribution in [-0.4, -0.2) is 66.2 Å².